The van der Waals surface area contributed by atoms with E-state index in [-0.39, 0.29) is 21.6 Å². The average Bonchev–Trinajstić information content (AvgIpc) is 3.26. The van der Waals surface area contributed by atoms with Crippen molar-refractivity contribution in [3.05, 3.63) is 110 Å². The highest BCUT2D eigenvalue weighted by atomic mass is 35.5. The van der Waals surface area contributed by atoms with E-state index >= 15 is 0 Å². The summed E-state index contributed by atoms with van der Waals surface area (Å²) in [5.74, 6) is -0.761. The predicted octanol–water partition coefficient (Wildman–Crippen LogP) is 7.67. The maximum atomic E-state index is 14.3. The van der Waals surface area contributed by atoms with Gasteiger partial charge in [-0.25, -0.2) is 18.9 Å². The van der Waals surface area contributed by atoms with Gasteiger partial charge in [0.2, 0.25) is 0 Å². The minimum atomic E-state index is -0.761. The second-order valence-electron chi connectivity index (χ2n) is 8.13. The SMILES string of the molecule is O=c1cc(-c2cc(F)c(Cl)nc2Cl)nc2c(-c3cccc4ccccc34)c(-c3ccc(Cl)cc3)[nH]n12. The lowest BCUT2D eigenvalue weighted by molar-refractivity contribution is 0.622. The van der Waals surface area contributed by atoms with Crippen LogP contribution in [0.25, 0.3) is 50.1 Å². The zero-order valence-corrected chi connectivity index (χ0v) is 20.5. The summed E-state index contributed by atoms with van der Waals surface area (Å²) in [5, 5.41) is 5.38. The molecule has 1 N–H and O–H groups in total. The van der Waals surface area contributed by atoms with Gasteiger partial charge in [-0.3, -0.25) is 9.89 Å². The number of aromatic amines is 1. The Morgan fingerprint density at radius 2 is 1.56 bits per heavy atom. The molecular weight excluding hydrogens is 522 g/mol. The summed E-state index contributed by atoms with van der Waals surface area (Å²) in [7, 11) is 0. The Bertz CT molecular complexity index is 1860. The van der Waals surface area contributed by atoms with Crippen LogP contribution in [0.5, 0.6) is 0 Å². The van der Waals surface area contributed by atoms with Gasteiger partial charge in [0.1, 0.15) is 5.15 Å². The molecule has 3 aromatic carbocycles. The summed E-state index contributed by atoms with van der Waals surface area (Å²) >= 11 is 18.2. The van der Waals surface area contributed by atoms with Crippen molar-refractivity contribution in [2.24, 2.45) is 0 Å². The van der Waals surface area contributed by atoms with E-state index in [1.54, 1.807) is 12.1 Å². The molecule has 6 rings (SSSR count). The Morgan fingerprint density at radius 3 is 2.36 bits per heavy atom. The molecular formula is C27H14Cl3FN4O. The number of H-pyrrole nitrogens is 1. The van der Waals surface area contributed by atoms with E-state index in [1.807, 2.05) is 54.6 Å². The van der Waals surface area contributed by atoms with Crippen LogP contribution in [0.4, 0.5) is 4.39 Å². The fourth-order valence-corrected chi connectivity index (χ4v) is 4.87. The van der Waals surface area contributed by atoms with Crippen molar-refractivity contribution in [2.75, 3.05) is 0 Å². The molecule has 0 spiro atoms. The van der Waals surface area contributed by atoms with Gasteiger partial charge in [-0.1, -0.05) is 89.4 Å². The first kappa shape index (κ1) is 22.7. The van der Waals surface area contributed by atoms with Crippen molar-refractivity contribution >= 4 is 51.2 Å². The van der Waals surface area contributed by atoms with Crippen LogP contribution in [0.3, 0.4) is 0 Å². The normalized spacial score (nSPS) is 11.4. The van der Waals surface area contributed by atoms with E-state index in [1.165, 1.54) is 10.6 Å². The van der Waals surface area contributed by atoms with E-state index in [9.17, 15) is 9.18 Å². The Morgan fingerprint density at radius 1 is 0.806 bits per heavy atom. The van der Waals surface area contributed by atoms with Crippen molar-refractivity contribution in [3.8, 4) is 33.6 Å². The summed E-state index contributed by atoms with van der Waals surface area (Å²) in [6.07, 6.45) is 0. The van der Waals surface area contributed by atoms with Gasteiger partial charge in [-0.2, -0.15) is 0 Å². The second kappa shape index (κ2) is 8.75. The number of hydrogen-bond donors (Lipinski definition) is 1. The number of fused-ring (bicyclic) bond motifs is 2. The molecule has 0 aliphatic heterocycles. The lowest BCUT2D eigenvalue weighted by Crippen LogP contribution is -2.14. The van der Waals surface area contributed by atoms with Crippen molar-refractivity contribution < 1.29 is 4.39 Å². The Hall–Kier alpha value is -3.71. The van der Waals surface area contributed by atoms with E-state index < -0.39 is 11.4 Å². The Kier molecular flexibility index (Phi) is 5.52. The molecule has 0 aliphatic rings. The zero-order chi connectivity index (χ0) is 25.0. The molecule has 0 fully saturated rings. The maximum absolute atomic E-state index is 14.3. The van der Waals surface area contributed by atoms with E-state index in [0.29, 0.717) is 21.9 Å². The number of rotatable bonds is 3. The van der Waals surface area contributed by atoms with Gasteiger partial charge in [-0.05, 0) is 34.5 Å². The fraction of sp³-hybridized carbons (Fsp3) is 0. The van der Waals surface area contributed by atoms with Crippen LogP contribution in [0.1, 0.15) is 0 Å². The molecule has 3 aromatic heterocycles. The molecule has 0 bridgehead atoms. The minimum Gasteiger partial charge on any atom is -0.288 e. The number of benzene rings is 3. The van der Waals surface area contributed by atoms with Crippen molar-refractivity contribution in [2.45, 2.75) is 0 Å². The van der Waals surface area contributed by atoms with Gasteiger partial charge in [0.15, 0.2) is 16.6 Å². The number of pyridine rings is 1. The molecule has 6 aromatic rings. The average molecular weight is 536 g/mol. The third kappa shape index (κ3) is 3.75. The molecule has 3 heterocycles. The number of hydrogen-bond acceptors (Lipinski definition) is 3. The lowest BCUT2D eigenvalue weighted by Gasteiger charge is -2.09. The number of nitrogens with zero attached hydrogens (tertiary/aromatic N) is 3. The molecule has 0 atom stereocenters. The van der Waals surface area contributed by atoms with Gasteiger partial charge in [0.05, 0.1) is 17.0 Å². The summed E-state index contributed by atoms with van der Waals surface area (Å²) in [6.45, 7) is 0. The molecule has 0 unspecified atom stereocenters. The molecule has 9 heteroatoms. The summed E-state index contributed by atoms with van der Waals surface area (Å²) in [6, 6.07) is 23.6. The standard InChI is InChI=1S/C27H14Cl3FN4O/c28-16-10-8-15(9-11-16)24-23(18-7-3-5-14-4-1-2-6-17(14)18)27-32-21(13-22(36)35(27)34-24)19-12-20(31)26(30)33-25(19)29/h1-13,34H. The summed E-state index contributed by atoms with van der Waals surface area (Å²) in [5.41, 5.74) is 3.35. The fourth-order valence-electron chi connectivity index (χ4n) is 4.32. The van der Waals surface area contributed by atoms with Crippen LogP contribution in [0.2, 0.25) is 15.3 Å². The van der Waals surface area contributed by atoms with Gasteiger partial charge in [0, 0.05) is 22.2 Å². The van der Waals surface area contributed by atoms with Crippen molar-refractivity contribution in [1.82, 2.24) is 19.6 Å². The van der Waals surface area contributed by atoms with E-state index in [2.05, 4.69) is 10.1 Å². The Balaban J connectivity index is 1.73. The molecule has 0 saturated heterocycles. The molecule has 0 amide bonds. The number of halogens is 4. The van der Waals surface area contributed by atoms with Gasteiger partial charge >= 0.3 is 0 Å². The first-order chi connectivity index (χ1) is 17.4. The highest BCUT2D eigenvalue weighted by molar-refractivity contribution is 6.34. The molecule has 36 heavy (non-hydrogen) atoms. The lowest BCUT2D eigenvalue weighted by atomic mass is 9.96. The molecule has 176 valence electrons. The van der Waals surface area contributed by atoms with Gasteiger partial charge in [0.25, 0.3) is 5.56 Å². The van der Waals surface area contributed by atoms with Crippen LogP contribution >= 0.6 is 34.8 Å². The van der Waals surface area contributed by atoms with Crippen LogP contribution in [-0.2, 0) is 0 Å². The topological polar surface area (TPSA) is 63.0 Å². The number of aromatic nitrogens is 4. The summed E-state index contributed by atoms with van der Waals surface area (Å²) < 4.78 is 15.6. The molecule has 5 nitrogen and oxygen atoms in total. The highest BCUT2D eigenvalue weighted by Gasteiger charge is 2.22. The van der Waals surface area contributed by atoms with Gasteiger partial charge in [-0.15, -0.1) is 0 Å². The van der Waals surface area contributed by atoms with Crippen LogP contribution < -0.4 is 5.56 Å². The smallest absolute Gasteiger partial charge is 0.273 e. The summed E-state index contributed by atoms with van der Waals surface area (Å²) in [4.78, 5) is 21.9. The maximum Gasteiger partial charge on any atom is 0.273 e. The molecule has 0 aliphatic carbocycles. The predicted molar refractivity (Wildman–Crippen MR) is 142 cm³/mol. The second-order valence-corrected chi connectivity index (χ2v) is 9.29. The van der Waals surface area contributed by atoms with Crippen LogP contribution in [0, 0.1) is 5.82 Å². The minimum absolute atomic E-state index is 0.0576. The van der Waals surface area contributed by atoms with Crippen molar-refractivity contribution in [1.29, 1.82) is 0 Å². The van der Waals surface area contributed by atoms with Crippen LogP contribution in [0.15, 0.2) is 83.7 Å². The third-order valence-corrected chi connectivity index (χ3v) is 6.78. The van der Waals surface area contributed by atoms with E-state index in [0.717, 1.165) is 28.0 Å². The van der Waals surface area contributed by atoms with E-state index in [4.69, 9.17) is 39.8 Å². The van der Waals surface area contributed by atoms with Crippen LogP contribution in [-0.4, -0.2) is 19.6 Å². The first-order valence-electron chi connectivity index (χ1n) is 10.8. The number of nitrogens with one attached hydrogen (secondary N) is 1. The Labute approximate surface area is 218 Å². The quantitative estimate of drug-likeness (QED) is 0.237. The van der Waals surface area contributed by atoms with Gasteiger partial charge < -0.3 is 0 Å². The van der Waals surface area contributed by atoms with Crippen molar-refractivity contribution in [3.63, 3.8) is 0 Å². The molecule has 0 radical (unpaired) electrons. The third-order valence-electron chi connectivity index (χ3n) is 5.97. The zero-order valence-electron chi connectivity index (χ0n) is 18.3. The monoisotopic (exact) mass is 534 g/mol. The first-order valence-corrected chi connectivity index (χ1v) is 12.0. The molecule has 0 saturated carbocycles. The highest BCUT2D eigenvalue weighted by Crippen LogP contribution is 2.39. The largest absolute Gasteiger partial charge is 0.288 e.